The van der Waals surface area contributed by atoms with Gasteiger partial charge in [0.25, 0.3) is 0 Å². The van der Waals surface area contributed by atoms with Crippen molar-refractivity contribution in [1.82, 2.24) is 10.3 Å². The van der Waals surface area contributed by atoms with Gasteiger partial charge in [0.05, 0.1) is 12.3 Å². The van der Waals surface area contributed by atoms with Crippen LogP contribution in [-0.4, -0.2) is 31.7 Å². The number of methoxy groups -OCH3 is 1. The SMILES string of the molecule is CCNCc1sc(N2CCCC2)nc1COC. The molecule has 2 rings (SSSR count). The Labute approximate surface area is 107 Å². The monoisotopic (exact) mass is 255 g/mol. The molecule has 0 saturated carbocycles. The number of nitrogens with zero attached hydrogens (tertiary/aromatic N) is 2. The van der Waals surface area contributed by atoms with Crippen molar-refractivity contribution in [3.63, 3.8) is 0 Å². The van der Waals surface area contributed by atoms with Gasteiger partial charge in [0.2, 0.25) is 0 Å². The lowest BCUT2D eigenvalue weighted by Crippen LogP contribution is -2.17. The fraction of sp³-hybridized carbons (Fsp3) is 0.750. The van der Waals surface area contributed by atoms with E-state index in [0.717, 1.165) is 31.9 Å². The lowest BCUT2D eigenvalue weighted by molar-refractivity contribution is 0.181. The van der Waals surface area contributed by atoms with Gasteiger partial charge in [0.15, 0.2) is 5.13 Å². The molecular formula is C12H21N3OS. The third kappa shape index (κ3) is 3.18. The number of thiazole rings is 1. The molecule has 1 aliphatic heterocycles. The van der Waals surface area contributed by atoms with Crippen LogP contribution in [0.3, 0.4) is 0 Å². The van der Waals surface area contributed by atoms with Crippen molar-refractivity contribution in [2.45, 2.75) is 32.9 Å². The highest BCUT2D eigenvalue weighted by molar-refractivity contribution is 7.15. The van der Waals surface area contributed by atoms with E-state index in [2.05, 4.69) is 17.1 Å². The fourth-order valence-electron chi connectivity index (χ4n) is 2.04. The highest BCUT2D eigenvalue weighted by atomic mass is 32.1. The quantitative estimate of drug-likeness (QED) is 0.843. The maximum absolute atomic E-state index is 5.22. The van der Waals surface area contributed by atoms with Crippen molar-refractivity contribution in [2.75, 3.05) is 31.6 Å². The Hall–Kier alpha value is -0.650. The van der Waals surface area contributed by atoms with Crippen molar-refractivity contribution in [1.29, 1.82) is 0 Å². The maximum Gasteiger partial charge on any atom is 0.185 e. The van der Waals surface area contributed by atoms with Crippen LogP contribution >= 0.6 is 11.3 Å². The second kappa shape index (κ2) is 6.33. The van der Waals surface area contributed by atoms with E-state index in [1.54, 1.807) is 7.11 Å². The molecule has 1 aromatic rings. The molecule has 0 atom stereocenters. The summed E-state index contributed by atoms with van der Waals surface area (Å²) in [7, 11) is 1.73. The number of rotatable bonds is 6. The topological polar surface area (TPSA) is 37.4 Å². The zero-order valence-electron chi connectivity index (χ0n) is 10.7. The summed E-state index contributed by atoms with van der Waals surface area (Å²) in [6.07, 6.45) is 2.59. The van der Waals surface area contributed by atoms with Gasteiger partial charge in [-0.25, -0.2) is 4.98 Å². The molecule has 1 N–H and O–H groups in total. The highest BCUT2D eigenvalue weighted by Crippen LogP contribution is 2.29. The minimum Gasteiger partial charge on any atom is -0.378 e. The maximum atomic E-state index is 5.22. The molecular weight excluding hydrogens is 234 g/mol. The molecule has 5 heteroatoms. The molecule has 4 nitrogen and oxygen atoms in total. The summed E-state index contributed by atoms with van der Waals surface area (Å²) in [5.41, 5.74) is 1.10. The largest absolute Gasteiger partial charge is 0.378 e. The van der Waals surface area contributed by atoms with Crippen molar-refractivity contribution < 1.29 is 4.74 Å². The summed E-state index contributed by atoms with van der Waals surface area (Å²) >= 11 is 1.81. The summed E-state index contributed by atoms with van der Waals surface area (Å²) in [6.45, 7) is 6.94. The van der Waals surface area contributed by atoms with Gasteiger partial charge in [-0.15, -0.1) is 11.3 Å². The fourth-order valence-corrected chi connectivity index (χ4v) is 3.12. The number of ether oxygens (including phenoxy) is 1. The predicted molar refractivity (Wildman–Crippen MR) is 71.7 cm³/mol. The second-order valence-electron chi connectivity index (χ2n) is 4.27. The Balaban J connectivity index is 2.11. The first-order valence-corrected chi connectivity index (χ1v) is 7.10. The van der Waals surface area contributed by atoms with Crippen molar-refractivity contribution in [3.05, 3.63) is 10.6 Å². The zero-order valence-corrected chi connectivity index (χ0v) is 11.5. The van der Waals surface area contributed by atoms with E-state index in [4.69, 9.17) is 9.72 Å². The average Bonchev–Trinajstić information content (AvgIpc) is 2.95. The molecule has 17 heavy (non-hydrogen) atoms. The van der Waals surface area contributed by atoms with Gasteiger partial charge in [-0.2, -0.15) is 0 Å². The number of nitrogens with one attached hydrogen (secondary N) is 1. The van der Waals surface area contributed by atoms with E-state index >= 15 is 0 Å². The van der Waals surface area contributed by atoms with E-state index < -0.39 is 0 Å². The van der Waals surface area contributed by atoms with Crippen LogP contribution in [0.1, 0.15) is 30.3 Å². The van der Waals surface area contributed by atoms with Crippen LogP contribution in [0.15, 0.2) is 0 Å². The van der Waals surface area contributed by atoms with Crippen LogP contribution in [0.2, 0.25) is 0 Å². The van der Waals surface area contributed by atoms with Crippen LogP contribution in [0, 0.1) is 0 Å². The molecule has 0 spiro atoms. The van der Waals surface area contributed by atoms with E-state index in [0.29, 0.717) is 6.61 Å². The lowest BCUT2D eigenvalue weighted by atomic mass is 10.3. The summed E-state index contributed by atoms with van der Waals surface area (Å²) in [5.74, 6) is 0. The first kappa shape index (κ1) is 12.8. The molecule has 1 aromatic heterocycles. The normalized spacial score (nSPS) is 15.8. The molecule has 0 amide bonds. The third-order valence-electron chi connectivity index (χ3n) is 2.96. The lowest BCUT2D eigenvalue weighted by Gasteiger charge is -2.12. The minimum atomic E-state index is 0.616. The van der Waals surface area contributed by atoms with Gasteiger partial charge >= 0.3 is 0 Å². The number of anilines is 1. The van der Waals surface area contributed by atoms with Gasteiger partial charge in [0, 0.05) is 31.6 Å². The van der Waals surface area contributed by atoms with Crippen LogP contribution in [0.4, 0.5) is 5.13 Å². The molecule has 1 saturated heterocycles. The number of hydrogen-bond acceptors (Lipinski definition) is 5. The van der Waals surface area contributed by atoms with Gasteiger partial charge < -0.3 is 15.0 Å². The third-order valence-corrected chi connectivity index (χ3v) is 4.12. The smallest absolute Gasteiger partial charge is 0.185 e. The molecule has 0 aliphatic carbocycles. The number of hydrogen-bond donors (Lipinski definition) is 1. The molecule has 0 unspecified atom stereocenters. The van der Waals surface area contributed by atoms with Crippen molar-refractivity contribution >= 4 is 16.5 Å². The Morgan fingerprint density at radius 2 is 2.18 bits per heavy atom. The van der Waals surface area contributed by atoms with Crippen molar-refractivity contribution in [2.24, 2.45) is 0 Å². The minimum absolute atomic E-state index is 0.616. The van der Waals surface area contributed by atoms with Crippen LogP contribution in [0.25, 0.3) is 0 Å². The van der Waals surface area contributed by atoms with E-state index in [-0.39, 0.29) is 0 Å². The zero-order chi connectivity index (χ0) is 12.1. The van der Waals surface area contributed by atoms with Crippen molar-refractivity contribution in [3.8, 4) is 0 Å². The van der Waals surface area contributed by atoms with Crippen LogP contribution in [-0.2, 0) is 17.9 Å². The molecule has 96 valence electrons. The standard InChI is InChI=1S/C12H21N3OS/c1-3-13-8-11-10(9-16-2)14-12(17-11)15-6-4-5-7-15/h13H,3-9H2,1-2H3. The Bertz CT molecular complexity index is 348. The van der Waals surface area contributed by atoms with E-state index in [1.165, 1.54) is 22.9 Å². The Kier molecular flexibility index (Phi) is 4.76. The first-order valence-electron chi connectivity index (χ1n) is 6.28. The molecule has 0 aromatic carbocycles. The predicted octanol–water partition coefficient (Wildman–Crippen LogP) is 2.00. The molecule has 1 aliphatic rings. The van der Waals surface area contributed by atoms with E-state index in [9.17, 15) is 0 Å². The van der Waals surface area contributed by atoms with Crippen LogP contribution < -0.4 is 10.2 Å². The van der Waals surface area contributed by atoms with Gasteiger partial charge in [-0.3, -0.25) is 0 Å². The molecule has 0 radical (unpaired) electrons. The average molecular weight is 255 g/mol. The summed E-state index contributed by atoms with van der Waals surface area (Å²) in [6, 6.07) is 0. The number of aromatic nitrogens is 1. The van der Waals surface area contributed by atoms with Gasteiger partial charge in [0.1, 0.15) is 0 Å². The highest BCUT2D eigenvalue weighted by Gasteiger charge is 2.18. The molecule has 1 fully saturated rings. The Morgan fingerprint density at radius 1 is 1.41 bits per heavy atom. The molecule has 0 bridgehead atoms. The summed E-state index contributed by atoms with van der Waals surface area (Å²) in [5, 5.41) is 4.53. The summed E-state index contributed by atoms with van der Waals surface area (Å²) < 4.78 is 5.22. The van der Waals surface area contributed by atoms with Gasteiger partial charge in [-0.1, -0.05) is 6.92 Å². The van der Waals surface area contributed by atoms with Gasteiger partial charge in [-0.05, 0) is 19.4 Å². The Morgan fingerprint density at radius 3 is 2.82 bits per heavy atom. The van der Waals surface area contributed by atoms with Crippen LogP contribution in [0.5, 0.6) is 0 Å². The molecule has 2 heterocycles. The van der Waals surface area contributed by atoms with E-state index in [1.807, 2.05) is 11.3 Å². The first-order chi connectivity index (χ1) is 8.35. The summed E-state index contributed by atoms with van der Waals surface area (Å²) in [4.78, 5) is 8.42. The second-order valence-corrected chi connectivity index (χ2v) is 5.34.